The molecule has 1 aromatic heterocycles. The molecule has 0 radical (unpaired) electrons. The number of carbonyl (C=O) groups is 1. The van der Waals surface area contributed by atoms with Gasteiger partial charge in [-0.2, -0.15) is 0 Å². The van der Waals surface area contributed by atoms with Crippen LogP contribution in [0.5, 0.6) is 0 Å². The van der Waals surface area contributed by atoms with Crippen LogP contribution in [0, 0.1) is 17.3 Å². The molecule has 3 fully saturated rings. The number of carbonyl (C=O) groups excluding carboxylic acids is 1. The lowest BCUT2D eigenvalue weighted by atomic mass is 9.50. The van der Waals surface area contributed by atoms with Gasteiger partial charge in [0.1, 0.15) is 5.60 Å². The predicted molar refractivity (Wildman–Crippen MR) is 122 cm³/mol. The molecular weight excluding hydrogens is 454 g/mol. The van der Waals surface area contributed by atoms with Gasteiger partial charge in [-0.05, 0) is 92.2 Å². The van der Waals surface area contributed by atoms with Crippen LogP contribution >= 0.6 is 15.9 Å². The fraction of sp³-hybridized carbons (Fsp3) is 0.577. The minimum absolute atomic E-state index is 0.0853. The molecule has 6 atom stereocenters. The monoisotopic (exact) mass is 481 g/mol. The van der Waals surface area contributed by atoms with Gasteiger partial charge in [0.25, 0.3) is 0 Å². The van der Waals surface area contributed by atoms with Crippen LogP contribution in [0.15, 0.2) is 34.3 Å². The van der Waals surface area contributed by atoms with Crippen LogP contribution < -0.4 is 0 Å². The summed E-state index contributed by atoms with van der Waals surface area (Å²) in [4.78, 5) is 16.8. The van der Waals surface area contributed by atoms with Gasteiger partial charge in [0, 0.05) is 33.4 Å². The van der Waals surface area contributed by atoms with Gasteiger partial charge in [-0.15, -0.1) is 0 Å². The zero-order chi connectivity index (χ0) is 21.3. The second-order valence-corrected chi connectivity index (χ2v) is 12.2. The van der Waals surface area contributed by atoms with E-state index in [9.17, 15) is 4.79 Å². The molecule has 5 aliphatic rings. The van der Waals surface area contributed by atoms with Crippen molar-refractivity contribution in [2.24, 2.45) is 17.3 Å². The van der Waals surface area contributed by atoms with E-state index in [1.165, 1.54) is 28.6 Å². The fourth-order valence-corrected chi connectivity index (χ4v) is 8.36. The van der Waals surface area contributed by atoms with E-state index in [4.69, 9.17) is 9.47 Å². The van der Waals surface area contributed by atoms with Gasteiger partial charge in [-0.1, -0.05) is 22.9 Å². The van der Waals surface area contributed by atoms with Crippen molar-refractivity contribution in [2.45, 2.75) is 76.3 Å². The minimum Gasteiger partial charge on any atom is -0.358 e. The summed E-state index contributed by atoms with van der Waals surface area (Å²) in [6, 6.07) is 6.57. The molecule has 0 amide bonds. The molecule has 1 saturated heterocycles. The molecule has 2 aliphatic heterocycles. The smallest absolute Gasteiger partial charge is 0.193 e. The molecule has 1 N–H and O–H groups in total. The Hall–Kier alpha value is -1.43. The highest BCUT2D eigenvalue weighted by molar-refractivity contribution is 9.10. The van der Waals surface area contributed by atoms with Crippen LogP contribution in [0.4, 0.5) is 0 Å². The van der Waals surface area contributed by atoms with Crippen LogP contribution in [-0.4, -0.2) is 28.3 Å². The highest BCUT2D eigenvalue weighted by Gasteiger charge is 2.66. The Kier molecular flexibility index (Phi) is 3.53. The molecular formula is C26H28BrNO3. The van der Waals surface area contributed by atoms with Crippen molar-refractivity contribution >= 4 is 32.6 Å². The summed E-state index contributed by atoms with van der Waals surface area (Å²) in [5, 5.41) is 1.37. The fourth-order valence-electron chi connectivity index (χ4n) is 8.00. The Morgan fingerprint density at radius 1 is 1.16 bits per heavy atom. The van der Waals surface area contributed by atoms with Crippen LogP contribution in [0.3, 0.4) is 0 Å². The second kappa shape index (κ2) is 5.73. The topological polar surface area (TPSA) is 51.3 Å². The Balaban J connectivity index is 1.35. The van der Waals surface area contributed by atoms with Crippen LogP contribution in [-0.2, 0) is 20.7 Å². The number of hydrogen-bond donors (Lipinski definition) is 1. The summed E-state index contributed by atoms with van der Waals surface area (Å²) < 4.78 is 14.1. The maximum atomic E-state index is 13.0. The van der Waals surface area contributed by atoms with Gasteiger partial charge in [-0.3, -0.25) is 4.79 Å². The maximum absolute atomic E-state index is 13.0. The molecule has 5 heteroatoms. The number of ketones is 1. The number of nitrogens with one attached hydrogen (secondary N) is 1. The van der Waals surface area contributed by atoms with E-state index >= 15 is 0 Å². The number of ether oxygens (including phenoxy) is 2. The highest BCUT2D eigenvalue weighted by atomic mass is 79.9. The lowest BCUT2D eigenvalue weighted by Gasteiger charge is -2.57. The third kappa shape index (κ3) is 2.26. The summed E-state index contributed by atoms with van der Waals surface area (Å²) in [6.45, 7) is 6.46. The molecule has 31 heavy (non-hydrogen) atoms. The lowest BCUT2D eigenvalue weighted by molar-refractivity contribution is -0.199. The number of aromatic nitrogens is 1. The molecule has 2 bridgehead atoms. The second-order valence-electron chi connectivity index (χ2n) is 11.2. The van der Waals surface area contributed by atoms with Gasteiger partial charge in [0.15, 0.2) is 17.7 Å². The van der Waals surface area contributed by atoms with Gasteiger partial charge < -0.3 is 14.5 Å². The average Bonchev–Trinajstić information content (AvgIpc) is 3.31. The molecule has 1 spiro atoms. The molecule has 7 rings (SSSR count). The third-order valence-corrected chi connectivity index (χ3v) is 9.71. The van der Waals surface area contributed by atoms with Gasteiger partial charge in [-0.25, -0.2) is 0 Å². The number of rotatable bonds is 0. The summed E-state index contributed by atoms with van der Waals surface area (Å²) >= 11 is 3.66. The number of hydrogen-bond acceptors (Lipinski definition) is 3. The van der Waals surface area contributed by atoms with Crippen molar-refractivity contribution in [1.82, 2.24) is 4.98 Å². The SMILES string of the molecule is CC1(C)OC23CCC4(C)C(CCC5Cc6c([nH]c7ccc(Br)cc67)C54)C2=CC(=O)C1O3. The Morgan fingerprint density at radius 3 is 2.84 bits per heavy atom. The van der Waals surface area contributed by atoms with E-state index in [0.717, 1.165) is 35.7 Å². The Labute approximate surface area is 190 Å². The largest absolute Gasteiger partial charge is 0.358 e. The first-order valence-electron chi connectivity index (χ1n) is 11.7. The first kappa shape index (κ1) is 19.1. The van der Waals surface area contributed by atoms with Crippen LogP contribution in [0.2, 0.25) is 0 Å². The molecule has 2 saturated carbocycles. The molecule has 2 aromatic rings. The van der Waals surface area contributed by atoms with E-state index < -0.39 is 17.5 Å². The van der Waals surface area contributed by atoms with E-state index in [1.54, 1.807) is 0 Å². The van der Waals surface area contributed by atoms with E-state index in [0.29, 0.717) is 17.8 Å². The molecule has 1 aromatic carbocycles. The van der Waals surface area contributed by atoms with Gasteiger partial charge in [0.05, 0.1) is 0 Å². The number of halogens is 1. The number of aromatic amines is 1. The molecule has 6 unspecified atom stereocenters. The summed E-state index contributed by atoms with van der Waals surface area (Å²) in [5.41, 5.74) is 4.86. The number of fused-ring (bicyclic) bond motifs is 9. The van der Waals surface area contributed by atoms with Gasteiger partial charge in [0.2, 0.25) is 0 Å². The normalized spacial score (nSPS) is 42.1. The van der Waals surface area contributed by atoms with Crippen molar-refractivity contribution in [2.75, 3.05) is 0 Å². The molecule has 4 nitrogen and oxygen atoms in total. The Morgan fingerprint density at radius 2 is 2.00 bits per heavy atom. The summed E-state index contributed by atoms with van der Waals surface area (Å²) in [5.74, 6) is 0.890. The number of H-pyrrole nitrogens is 1. The van der Waals surface area contributed by atoms with Crippen molar-refractivity contribution in [3.8, 4) is 0 Å². The first-order valence-corrected chi connectivity index (χ1v) is 12.5. The van der Waals surface area contributed by atoms with Crippen molar-refractivity contribution in [3.05, 3.63) is 45.6 Å². The molecule has 3 aliphatic carbocycles. The lowest BCUT2D eigenvalue weighted by Crippen LogP contribution is -2.54. The minimum atomic E-state index is -0.689. The Bertz CT molecular complexity index is 1190. The summed E-state index contributed by atoms with van der Waals surface area (Å²) in [6.07, 6.45) is 6.81. The zero-order valence-corrected chi connectivity index (χ0v) is 19.8. The van der Waals surface area contributed by atoms with E-state index in [2.05, 4.69) is 46.0 Å². The van der Waals surface area contributed by atoms with E-state index in [-0.39, 0.29) is 11.2 Å². The number of benzene rings is 1. The molecule has 3 heterocycles. The first-order chi connectivity index (χ1) is 14.7. The predicted octanol–water partition coefficient (Wildman–Crippen LogP) is 5.80. The van der Waals surface area contributed by atoms with Crippen LogP contribution in [0.1, 0.15) is 63.6 Å². The standard InChI is InChI=1S/C26H28BrNO3/c1-24(2)23-20(29)12-18-17-6-4-13-10-16-15-11-14(27)5-7-19(15)28-22(16)21(13)25(17,3)8-9-26(18,30-23)31-24/h5,7,11-13,17,21,23,28H,4,6,8-10H2,1-3H3. The average molecular weight is 482 g/mol. The van der Waals surface area contributed by atoms with Crippen LogP contribution in [0.25, 0.3) is 10.9 Å². The maximum Gasteiger partial charge on any atom is 0.193 e. The zero-order valence-electron chi connectivity index (χ0n) is 18.3. The highest BCUT2D eigenvalue weighted by Crippen LogP contribution is 2.68. The quantitative estimate of drug-likeness (QED) is 0.517. The molecule has 162 valence electrons. The van der Waals surface area contributed by atoms with Crippen molar-refractivity contribution in [1.29, 1.82) is 0 Å². The van der Waals surface area contributed by atoms with Crippen molar-refractivity contribution < 1.29 is 14.3 Å². The summed E-state index contributed by atoms with van der Waals surface area (Å²) in [7, 11) is 0. The van der Waals surface area contributed by atoms with Crippen molar-refractivity contribution in [3.63, 3.8) is 0 Å². The van der Waals surface area contributed by atoms with E-state index in [1.807, 2.05) is 19.9 Å². The third-order valence-electron chi connectivity index (χ3n) is 9.21. The van der Waals surface area contributed by atoms with Gasteiger partial charge >= 0.3 is 0 Å².